The molecule has 20 heavy (non-hydrogen) atoms. The summed E-state index contributed by atoms with van der Waals surface area (Å²) in [5, 5.41) is 0. The predicted molar refractivity (Wildman–Crippen MR) is 86.0 cm³/mol. The fourth-order valence-electron chi connectivity index (χ4n) is 2.66. The summed E-state index contributed by atoms with van der Waals surface area (Å²) >= 11 is 0. The summed E-state index contributed by atoms with van der Waals surface area (Å²) < 4.78 is 11.1. The maximum Gasteiger partial charge on any atom is 0.164 e. The molecular formula is C18H30O2. The SMILES string of the molecule is CCCCCc1ccc(OC)c(OC)c1CCCCC. The van der Waals surface area contributed by atoms with Crippen LogP contribution < -0.4 is 9.47 Å². The molecule has 0 N–H and O–H groups in total. The lowest BCUT2D eigenvalue weighted by molar-refractivity contribution is 0.350. The Morgan fingerprint density at radius 1 is 0.800 bits per heavy atom. The van der Waals surface area contributed by atoms with Gasteiger partial charge in [0.05, 0.1) is 14.2 Å². The minimum Gasteiger partial charge on any atom is -0.493 e. The zero-order chi connectivity index (χ0) is 14.8. The quantitative estimate of drug-likeness (QED) is 0.550. The van der Waals surface area contributed by atoms with Crippen molar-refractivity contribution in [2.75, 3.05) is 14.2 Å². The van der Waals surface area contributed by atoms with Crippen molar-refractivity contribution in [1.82, 2.24) is 0 Å². The minimum absolute atomic E-state index is 0.859. The van der Waals surface area contributed by atoms with E-state index in [-0.39, 0.29) is 0 Å². The zero-order valence-corrected chi connectivity index (χ0v) is 13.6. The smallest absolute Gasteiger partial charge is 0.164 e. The average molecular weight is 278 g/mol. The first-order valence-corrected chi connectivity index (χ1v) is 8.01. The van der Waals surface area contributed by atoms with E-state index in [1.54, 1.807) is 14.2 Å². The van der Waals surface area contributed by atoms with Crippen molar-refractivity contribution < 1.29 is 9.47 Å². The van der Waals surface area contributed by atoms with Gasteiger partial charge in [0.25, 0.3) is 0 Å². The van der Waals surface area contributed by atoms with Gasteiger partial charge >= 0.3 is 0 Å². The second-order valence-electron chi connectivity index (χ2n) is 5.35. The van der Waals surface area contributed by atoms with Crippen LogP contribution in [0.3, 0.4) is 0 Å². The number of unbranched alkanes of at least 4 members (excludes halogenated alkanes) is 4. The van der Waals surface area contributed by atoms with Gasteiger partial charge in [0.1, 0.15) is 0 Å². The molecule has 0 aliphatic heterocycles. The molecule has 1 aromatic rings. The topological polar surface area (TPSA) is 18.5 Å². The number of methoxy groups -OCH3 is 2. The number of ether oxygens (including phenoxy) is 2. The monoisotopic (exact) mass is 278 g/mol. The summed E-state index contributed by atoms with van der Waals surface area (Å²) in [6.45, 7) is 4.49. The van der Waals surface area contributed by atoms with E-state index in [1.807, 2.05) is 6.07 Å². The summed E-state index contributed by atoms with van der Waals surface area (Å²) in [7, 11) is 3.46. The second kappa shape index (κ2) is 9.68. The summed E-state index contributed by atoms with van der Waals surface area (Å²) in [5.74, 6) is 1.80. The molecular weight excluding hydrogens is 248 g/mol. The highest BCUT2D eigenvalue weighted by Gasteiger charge is 2.14. The third kappa shape index (κ3) is 4.73. The maximum absolute atomic E-state index is 5.62. The first kappa shape index (κ1) is 16.9. The van der Waals surface area contributed by atoms with E-state index in [0.29, 0.717) is 0 Å². The Labute approximate surface area is 124 Å². The highest BCUT2D eigenvalue weighted by atomic mass is 16.5. The molecule has 2 heteroatoms. The fourth-order valence-corrected chi connectivity index (χ4v) is 2.66. The molecule has 0 radical (unpaired) electrons. The Bertz CT molecular complexity index is 385. The molecule has 0 aromatic heterocycles. The molecule has 2 nitrogen and oxygen atoms in total. The largest absolute Gasteiger partial charge is 0.493 e. The van der Waals surface area contributed by atoms with Gasteiger partial charge < -0.3 is 9.47 Å². The van der Waals surface area contributed by atoms with Crippen LogP contribution in [-0.4, -0.2) is 14.2 Å². The Balaban J connectivity index is 2.94. The third-order valence-corrected chi connectivity index (χ3v) is 3.83. The fraction of sp³-hybridized carbons (Fsp3) is 0.667. The van der Waals surface area contributed by atoms with Gasteiger partial charge in [-0.25, -0.2) is 0 Å². The molecule has 0 bridgehead atoms. The van der Waals surface area contributed by atoms with Crippen LogP contribution in [0.25, 0.3) is 0 Å². The molecule has 0 spiro atoms. The lowest BCUT2D eigenvalue weighted by atomic mass is 9.95. The van der Waals surface area contributed by atoms with E-state index < -0.39 is 0 Å². The Morgan fingerprint density at radius 3 is 2.00 bits per heavy atom. The predicted octanol–water partition coefficient (Wildman–Crippen LogP) is 5.17. The highest BCUT2D eigenvalue weighted by molar-refractivity contribution is 5.51. The van der Waals surface area contributed by atoms with Gasteiger partial charge in [-0.3, -0.25) is 0 Å². The van der Waals surface area contributed by atoms with E-state index in [0.717, 1.165) is 24.3 Å². The van der Waals surface area contributed by atoms with Gasteiger partial charge in [0.2, 0.25) is 0 Å². The number of rotatable bonds is 10. The van der Waals surface area contributed by atoms with Gasteiger partial charge in [-0.1, -0.05) is 45.6 Å². The minimum atomic E-state index is 0.859. The van der Waals surface area contributed by atoms with Gasteiger partial charge in [-0.05, 0) is 37.3 Å². The van der Waals surface area contributed by atoms with E-state index in [4.69, 9.17) is 9.47 Å². The summed E-state index contributed by atoms with van der Waals surface area (Å²) in [4.78, 5) is 0. The lowest BCUT2D eigenvalue weighted by Crippen LogP contribution is -2.02. The van der Waals surface area contributed by atoms with E-state index in [2.05, 4.69) is 19.9 Å². The van der Waals surface area contributed by atoms with Crippen molar-refractivity contribution in [3.63, 3.8) is 0 Å². The first-order valence-electron chi connectivity index (χ1n) is 8.01. The lowest BCUT2D eigenvalue weighted by Gasteiger charge is -2.17. The Hall–Kier alpha value is -1.18. The van der Waals surface area contributed by atoms with E-state index in [9.17, 15) is 0 Å². The normalized spacial score (nSPS) is 10.6. The van der Waals surface area contributed by atoms with Crippen LogP contribution in [0.5, 0.6) is 11.5 Å². The molecule has 0 atom stereocenters. The molecule has 0 aliphatic rings. The van der Waals surface area contributed by atoms with Crippen LogP contribution in [0.4, 0.5) is 0 Å². The zero-order valence-electron chi connectivity index (χ0n) is 13.6. The summed E-state index contributed by atoms with van der Waals surface area (Å²) in [5.41, 5.74) is 2.80. The molecule has 0 heterocycles. The van der Waals surface area contributed by atoms with Crippen LogP contribution in [0.2, 0.25) is 0 Å². The highest BCUT2D eigenvalue weighted by Crippen LogP contribution is 2.35. The van der Waals surface area contributed by atoms with Crippen molar-refractivity contribution in [3.05, 3.63) is 23.3 Å². The van der Waals surface area contributed by atoms with Crippen LogP contribution in [-0.2, 0) is 12.8 Å². The van der Waals surface area contributed by atoms with E-state index >= 15 is 0 Å². The number of hydrogen-bond acceptors (Lipinski definition) is 2. The molecule has 0 aliphatic carbocycles. The van der Waals surface area contributed by atoms with Gasteiger partial charge in [0, 0.05) is 5.56 Å². The van der Waals surface area contributed by atoms with Crippen molar-refractivity contribution in [2.45, 2.75) is 65.2 Å². The Morgan fingerprint density at radius 2 is 1.45 bits per heavy atom. The second-order valence-corrected chi connectivity index (χ2v) is 5.35. The molecule has 0 fully saturated rings. The summed E-state index contributed by atoms with van der Waals surface area (Å²) in [6, 6.07) is 4.27. The van der Waals surface area contributed by atoms with E-state index in [1.165, 1.54) is 49.7 Å². The molecule has 1 aromatic carbocycles. The van der Waals surface area contributed by atoms with Crippen molar-refractivity contribution in [1.29, 1.82) is 0 Å². The third-order valence-electron chi connectivity index (χ3n) is 3.83. The average Bonchev–Trinajstić information content (AvgIpc) is 2.48. The Kier molecular flexibility index (Phi) is 8.17. The van der Waals surface area contributed by atoms with Gasteiger partial charge in [-0.2, -0.15) is 0 Å². The number of aryl methyl sites for hydroxylation is 1. The van der Waals surface area contributed by atoms with Crippen LogP contribution in [0.1, 0.15) is 63.5 Å². The summed E-state index contributed by atoms with van der Waals surface area (Å²) in [6.07, 6.45) is 9.80. The van der Waals surface area contributed by atoms with Crippen LogP contribution in [0.15, 0.2) is 12.1 Å². The standard InChI is InChI=1S/C18H30O2/c1-5-7-9-11-15-13-14-17(19-3)18(20-4)16(15)12-10-8-6-2/h13-14H,5-12H2,1-4H3. The molecule has 0 unspecified atom stereocenters. The number of benzene rings is 1. The van der Waals surface area contributed by atoms with Crippen molar-refractivity contribution in [2.24, 2.45) is 0 Å². The van der Waals surface area contributed by atoms with Crippen molar-refractivity contribution >= 4 is 0 Å². The van der Waals surface area contributed by atoms with Crippen molar-refractivity contribution in [3.8, 4) is 11.5 Å². The van der Waals surface area contributed by atoms with Gasteiger partial charge in [0.15, 0.2) is 11.5 Å². The van der Waals surface area contributed by atoms with Crippen LogP contribution in [0, 0.1) is 0 Å². The molecule has 0 saturated carbocycles. The first-order chi connectivity index (χ1) is 9.78. The van der Waals surface area contributed by atoms with Crippen LogP contribution >= 0.6 is 0 Å². The number of hydrogen-bond donors (Lipinski definition) is 0. The van der Waals surface area contributed by atoms with Gasteiger partial charge in [-0.15, -0.1) is 0 Å². The molecule has 1 rings (SSSR count). The molecule has 0 saturated heterocycles. The molecule has 114 valence electrons. The molecule has 0 amide bonds. The maximum atomic E-state index is 5.62.